The topological polar surface area (TPSA) is 116 Å². The van der Waals surface area contributed by atoms with Crippen molar-refractivity contribution in [3.63, 3.8) is 0 Å². The fourth-order valence-corrected chi connectivity index (χ4v) is 2.05. The lowest BCUT2D eigenvalue weighted by molar-refractivity contribution is -0.138. The van der Waals surface area contributed by atoms with Gasteiger partial charge in [-0.2, -0.15) is 0 Å². The van der Waals surface area contributed by atoms with E-state index in [0.29, 0.717) is 22.9 Å². The molecule has 1 aromatic heterocycles. The normalized spacial score (nSPS) is 10.3. The van der Waals surface area contributed by atoms with Gasteiger partial charge in [0.2, 0.25) is 0 Å². The first kappa shape index (κ1) is 16.4. The molecule has 0 aliphatic carbocycles. The first-order chi connectivity index (χ1) is 11.1. The average molecular weight is 320 g/mol. The number of rotatable bonds is 8. The van der Waals surface area contributed by atoms with Gasteiger partial charge >= 0.3 is 5.97 Å². The van der Waals surface area contributed by atoms with Gasteiger partial charge < -0.3 is 14.6 Å². The van der Waals surface area contributed by atoms with Gasteiger partial charge in [0.25, 0.3) is 0 Å². The standard InChI is InChI=1S/C14H16N4O5/c1-22-10-4-3-5-11(23-2)13(10)14-15-16-17-18(14)8-9(19)6-7-12(20)21/h3-5H,6-8H2,1-2H3,(H,20,21). The highest BCUT2D eigenvalue weighted by Gasteiger charge is 2.20. The molecule has 0 saturated heterocycles. The summed E-state index contributed by atoms with van der Waals surface area (Å²) in [5.41, 5.74) is 0.522. The van der Waals surface area contributed by atoms with Gasteiger partial charge in [-0.25, -0.2) is 4.68 Å². The Morgan fingerprint density at radius 3 is 2.39 bits per heavy atom. The van der Waals surface area contributed by atoms with Crippen molar-refractivity contribution in [2.75, 3.05) is 14.2 Å². The average Bonchev–Trinajstić information content (AvgIpc) is 2.99. The van der Waals surface area contributed by atoms with Crippen molar-refractivity contribution in [3.8, 4) is 22.9 Å². The van der Waals surface area contributed by atoms with Crippen molar-refractivity contribution < 1.29 is 24.2 Å². The SMILES string of the molecule is COc1cccc(OC)c1-c1nnnn1CC(=O)CCC(=O)O. The molecular weight excluding hydrogens is 304 g/mol. The maximum atomic E-state index is 11.9. The first-order valence-corrected chi connectivity index (χ1v) is 6.77. The number of hydrogen-bond donors (Lipinski definition) is 1. The van der Waals surface area contributed by atoms with E-state index in [4.69, 9.17) is 14.6 Å². The molecule has 23 heavy (non-hydrogen) atoms. The van der Waals surface area contributed by atoms with Crippen molar-refractivity contribution >= 4 is 11.8 Å². The van der Waals surface area contributed by atoms with Crippen LogP contribution in [0.2, 0.25) is 0 Å². The number of carboxylic acids is 1. The molecule has 0 saturated carbocycles. The second-order valence-corrected chi connectivity index (χ2v) is 4.63. The second kappa shape index (κ2) is 7.34. The van der Waals surface area contributed by atoms with E-state index in [1.807, 2.05) is 0 Å². The summed E-state index contributed by atoms with van der Waals surface area (Å²) in [4.78, 5) is 22.4. The Labute approximate surface area is 131 Å². The maximum absolute atomic E-state index is 11.9. The molecule has 2 rings (SSSR count). The molecule has 0 aliphatic rings. The lowest BCUT2D eigenvalue weighted by Crippen LogP contribution is -2.14. The summed E-state index contributed by atoms with van der Waals surface area (Å²) in [5.74, 6) is -0.00348. The van der Waals surface area contributed by atoms with Crippen LogP contribution in [0.25, 0.3) is 11.4 Å². The number of hydrogen-bond acceptors (Lipinski definition) is 7. The highest BCUT2D eigenvalue weighted by Crippen LogP contribution is 2.36. The number of carboxylic acid groups (broad SMARTS) is 1. The first-order valence-electron chi connectivity index (χ1n) is 6.77. The molecule has 122 valence electrons. The third-order valence-electron chi connectivity index (χ3n) is 3.13. The van der Waals surface area contributed by atoms with Crippen molar-refractivity contribution in [1.82, 2.24) is 20.2 Å². The van der Waals surface area contributed by atoms with Crippen LogP contribution in [-0.2, 0) is 16.1 Å². The van der Waals surface area contributed by atoms with E-state index in [-0.39, 0.29) is 25.2 Å². The predicted octanol–water partition coefficient (Wildman–Crippen LogP) is 0.791. The number of nitrogens with zero attached hydrogens (tertiary/aromatic N) is 4. The second-order valence-electron chi connectivity index (χ2n) is 4.63. The number of aromatic nitrogens is 4. The van der Waals surface area contributed by atoms with Crippen LogP contribution in [0.3, 0.4) is 0 Å². The van der Waals surface area contributed by atoms with Crippen LogP contribution in [0.1, 0.15) is 12.8 Å². The molecule has 1 heterocycles. The molecule has 0 atom stereocenters. The molecule has 9 heteroatoms. The van der Waals surface area contributed by atoms with Gasteiger partial charge in [-0.05, 0) is 22.6 Å². The quantitative estimate of drug-likeness (QED) is 0.759. The summed E-state index contributed by atoms with van der Waals surface area (Å²) >= 11 is 0. The van der Waals surface area contributed by atoms with Crippen LogP contribution in [0.15, 0.2) is 18.2 Å². The summed E-state index contributed by atoms with van der Waals surface area (Å²) in [6.07, 6.45) is -0.314. The van der Waals surface area contributed by atoms with Gasteiger partial charge in [-0.1, -0.05) is 6.07 Å². The minimum Gasteiger partial charge on any atom is -0.496 e. The molecule has 0 radical (unpaired) electrons. The van der Waals surface area contributed by atoms with E-state index in [0.717, 1.165) is 0 Å². The summed E-state index contributed by atoms with van der Waals surface area (Å²) < 4.78 is 11.9. The fourth-order valence-electron chi connectivity index (χ4n) is 2.05. The zero-order valence-corrected chi connectivity index (χ0v) is 12.7. The molecule has 2 aromatic rings. The van der Waals surface area contributed by atoms with Crippen molar-refractivity contribution in [3.05, 3.63) is 18.2 Å². The molecule has 0 amide bonds. The summed E-state index contributed by atoms with van der Waals surface area (Å²) in [5, 5.41) is 19.9. The van der Waals surface area contributed by atoms with Gasteiger partial charge in [0.1, 0.15) is 23.6 Å². The molecular formula is C14H16N4O5. The number of carbonyl (C=O) groups is 2. The highest BCUT2D eigenvalue weighted by atomic mass is 16.5. The Hall–Kier alpha value is -2.97. The molecule has 1 aromatic carbocycles. The molecule has 0 spiro atoms. The number of methoxy groups -OCH3 is 2. The Bertz CT molecular complexity index is 691. The summed E-state index contributed by atoms with van der Waals surface area (Å²) in [6.45, 7) is -0.128. The minimum absolute atomic E-state index is 0.0856. The van der Waals surface area contributed by atoms with Gasteiger partial charge in [0.15, 0.2) is 11.6 Å². The number of aliphatic carboxylic acids is 1. The number of carbonyl (C=O) groups excluding carboxylic acids is 1. The van der Waals surface area contributed by atoms with Crippen LogP contribution >= 0.6 is 0 Å². The third-order valence-corrected chi connectivity index (χ3v) is 3.13. The number of ketones is 1. The van der Waals surface area contributed by atoms with E-state index in [2.05, 4.69) is 15.5 Å². The smallest absolute Gasteiger partial charge is 0.303 e. The van der Waals surface area contributed by atoms with E-state index < -0.39 is 5.97 Å². The number of ether oxygens (including phenoxy) is 2. The molecule has 0 aliphatic heterocycles. The van der Waals surface area contributed by atoms with Crippen molar-refractivity contribution in [2.45, 2.75) is 19.4 Å². The van der Waals surface area contributed by atoms with Crippen LogP contribution in [-0.4, -0.2) is 51.3 Å². The zero-order valence-electron chi connectivity index (χ0n) is 12.7. The van der Waals surface area contributed by atoms with Crippen LogP contribution in [0.5, 0.6) is 11.5 Å². The molecule has 1 N–H and O–H groups in total. The third kappa shape index (κ3) is 3.82. The van der Waals surface area contributed by atoms with E-state index in [1.165, 1.54) is 18.9 Å². The van der Waals surface area contributed by atoms with Crippen LogP contribution < -0.4 is 9.47 Å². The Morgan fingerprint density at radius 1 is 1.17 bits per heavy atom. The molecule has 0 unspecified atom stereocenters. The van der Waals surface area contributed by atoms with Gasteiger partial charge in [0.05, 0.1) is 20.6 Å². The number of benzene rings is 1. The molecule has 9 nitrogen and oxygen atoms in total. The van der Waals surface area contributed by atoms with Crippen molar-refractivity contribution in [1.29, 1.82) is 0 Å². The van der Waals surface area contributed by atoms with Gasteiger partial charge in [-0.3, -0.25) is 9.59 Å². The monoisotopic (exact) mass is 320 g/mol. The fraction of sp³-hybridized carbons (Fsp3) is 0.357. The Kier molecular flexibility index (Phi) is 5.23. The van der Waals surface area contributed by atoms with E-state index in [9.17, 15) is 9.59 Å². The Balaban J connectivity index is 2.31. The predicted molar refractivity (Wildman–Crippen MR) is 78.2 cm³/mol. The largest absolute Gasteiger partial charge is 0.496 e. The maximum Gasteiger partial charge on any atom is 0.303 e. The zero-order chi connectivity index (χ0) is 16.8. The lowest BCUT2D eigenvalue weighted by Gasteiger charge is -2.12. The molecule has 0 fully saturated rings. The highest BCUT2D eigenvalue weighted by molar-refractivity contribution is 5.83. The Morgan fingerprint density at radius 2 is 1.83 bits per heavy atom. The van der Waals surface area contributed by atoms with Gasteiger partial charge in [-0.15, -0.1) is 5.10 Å². The minimum atomic E-state index is -1.03. The van der Waals surface area contributed by atoms with Crippen LogP contribution in [0.4, 0.5) is 0 Å². The summed E-state index contributed by atoms with van der Waals surface area (Å²) in [6, 6.07) is 5.21. The van der Waals surface area contributed by atoms with E-state index >= 15 is 0 Å². The molecule has 0 bridgehead atoms. The van der Waals surface area contributed by atoms with E-state index in [1.54, 1.807) is 18.2 Å². The van der Waals surface area contributed by atoms with Crippen LogP contribution in [0, 0.1) is 0 Å². The number of Topliss-reactive ketones (excluding diaryl/α,β-unsaturated/α-hetero) is 1. The number of tetrazole rings is 1. The van der Waals surface area contributed by atoms with Gasteiger partial charge in [0, 0.05) is 6.42 Å². The van der Waals surface area contributed by atoms with Crippen molar-refractivity contribution in [2.24, 2.45) is 0 Å². The lowest BCUT2D eigenvalue weighted by atomic mass is 10.1. The summed E-state index contributed by atoms with van der Waals surface area (Å²) in [7, 11) is 3.01.